The van der Waals surface area contributed by atoms with E-state index < -0.39 is 22.9 Å². The Morgan fingerprint density at radius 1 is 1.15 bits per heavy atom. The van der Waals surface area contributed by atoms with Gasteiger partial charge in [0, 0.05) is 30.8 Å². The number of hydrogen-bond donors (Lipinski definition) is 3. The van der Waals surface area contributed by atoms with E-state index >= 15 is 0 Å². The van der Waals surface area contributed by atoms with Gasteiger partial charge in [-0.15, -0.1) is 0 Å². The molecule has 2 aliphatic rings. The van der Waals surface area contributed by atoms with Gasteiger partial charge in [0.2, 0.25) is 5.88 Å². The molecule has 1 spiro atoms. The lowest BCUT2D eigenvalue weighted by atomic mass is 9.78. The molecule has 6 rings (SSSR count). The molecular weight excluding hydrogens is 556 g/mol. The number of fused-ring (bicyclic) bond motifs is 1. The second-order valence-corrected chi connectivity index (χ2v) is 11.4. The first kappa shape index (κ1) is 26.4. The highest BCUT2D eigenvalue weighted by molar-refractivity contribution is 7.99. The lowest BCUT2D eigenvalue weighted by Crippen LogP contribution is -2.42. The molecule has 0 aliphatic carbocycles. The molecule has 2 aliphatic heterocycles. The van der Waals surface area contributed by atoms with E-state index in [1.54, 1.807) is 42.6 Å². The Labute approximate surface area is 237 Å². The second kappa shape index (κ2) is 10.6. The molecule has 2 saturated heterocycles. The Balaban J connectivity index is 1.18. The third-order valence-corrected chi connectivity index (χ3v) is 8.93. The Morgan fingerprint density at radius 2 is 1.98 bits per heavy atom. The Kier molecular flexibility index (Phi) is 6.99. The Bertz CT molecular complexity index is 1730. The molecule has 4 aromatic rings. The van der Waals surface area contributed by atoms with Crippen LogP contribution in [-0.2, 0) is 4.74 Å². The number of ether oxygens (including phenoxy) is 1. The summed E-state index contributed by atoms with van der Waals surface area (Å²) in [5, 5.41) is 13.5. The summed E-state index contributed by atoms with van der Waals surface area (Å²) in [4.78, 5) is 52.5. The number of carbonyl (C=O) groups excluding carboxylic acids is 1. The number of piperidine rings is 1. The van der Waals surface area contributed by atoms with Crippen molar-refractivity contribution in [2.24, 2.45) is 5.41 Å². The van der Waals surface area contributed by atoms with Crippen LogP contribution in [-0.4, -0.2) is 56.7 Å². The molecule has 0 bridgehead atoms. The minimum atomic E-state index is -0.857. The van der Waals surface area contributed by atoms with Crippen molar-refractivity contribution < 1.29 is 14.6 Å². The van der Waals surface area contributed by atoms with Crippen LogP contribution in [0.3, 0.4) is 0 Å². The zero-order valence-corrected chi connectivity index (χ0v) is 22.8. The maximum absolute atomic E-state index is 13.0. The third-order valence-electron chi connectivity index (χ3n) is 7.43. The number of aromatic hydroxyl groups is 1. The highest BCUT2D eigenvalue weighted by Crippen LogP contribution is 2.40. The van der Waals surface area contributed by atoms with Gasteiger partial charge in [0.15, 0.2) is 11.4 Å². The van der Waals surface area contributed by atoms with Crippen molar-refractivity contribution in [1.29, 1.82) is 0 Å². The number of hydrogen-bond acceptors (Lipinski definition) is 9. The van der Waals surface area contributed by atoms with Crippen molar-refractivity contribution in [2.45, 2.75) is 29.2 Å². The van der Waals surface area contributed by atoms with Gasteiger partial charge in [0.05, 0.1) is 28.5 Å². The quantitative estimate of drug-likeness (QED) is 0.323. The molecule has 5 heterocycles. The van der Waals surface area contributed by atoms with Gasteiger partial charge in [-0.3, -0.25) is 18.8 Å². The van der Waals surface area contributed by atoms with Crippen LogP contribution in [0.4, 0.5) is 11.5 Å². The van der Waals surface area contributed by atoms with Crippen LogP contribution >= 0.6 is 23.4 Å². The van der Waals surface area contributed by atoms with Crippen LogP contribution in [0.15, 0.2) is 68.3 Å². The van der Waals surface area contributed by atoms with Crippen molar-refractivity contribution in [1.82, 2.24) is 19.4 Å². The molecule has 1 amide bonds. The Morgan fingerprint density at radius 3 is 2.73 bits per heavy atom. The lowest BCUT2D eigenvalue weighted by molar-refractivity contribution is 0.102. The van der Waals surface area contributed by atoms with Crippen LogP contribution in [0, 0.1) is 5.41 Å². The molecule has 3 N–H and O–H groups in total. The number of pyridine rings is 1. The number of aromatic amines is 1. The number of benzene rings is 1. The van der Waals surface area contributed by atoms with Gasteiger partial charge in [-0.2, -0.15) is 4.98 Å². The van der Waals surface area contributed by atoms with Gasteiger partial charge < -0.3 is 25.0 Å². The molecule has 0 saturated carbocycles. The number of amides is 1. The van der Waals surface area contributed by atoms with Crippen LogP contribution in [0.25, 0.3) is 5.65 Å². The summed E-state index contributed by atoms with van der Waals surface area (Å²) < 4.78 is 6.76. The number of aromatic nitrogens is 4. The zero-order valence-electron chi connectivity index (χ0n) is 21.2. The van der Waals surface area contributed by atoms with E-state index in [1.165, 1.54) is 22.4 Å². The van der Waals surface area contributed by atoms with Crippen molar-refractivity contribution in [2.75, 3.05) is 36.5 Å². The number of nitrogens with zero attached hydrogens (tertiary/aromatic N) is 4. The highest BCUT2D eigenvalue weighted by atomic mass is 35.5. The summed E-state index contributed by atoms with van der Waals surface area (Å²) in [7, 11) is 0. The second-order valence-electron chi connectivity index (χ2n) is 9.91. The summed E-state index contributed by atoms with van der Waals surface area (Å²) in [5.41, 5.74) is -0.854. The maximum Gasteiger partial charge on any atom is 0.291 e. The summed E-state index contributed by atoms with van der Waals surface area (Å²) in [6.07, 6.45) is 6.05. The molecule has 40 heavy (non-hydrogen) atoms. The normalized spacial score (nSPS) is 16.5. The van der Waals surface area contributed by atoms with Crippen LogP contribution in [0.1, 0.15) is 29.6 Å². The largest absolute Gasteiger partial charge is 0.493 e. The fraction of sp³-hybridized carbons (Fsp3) is 0.296. The highest BCUT2D eigenvalue weighted by Gasteiger charge is 2.38. The number of anilines is 2. The molecule has 3 aromatic heterocycles. The van der Waals surface area contributed by atoms with E-state index in [0.717, 1.165) is 45.6 Å². The molecular formula is C27H25ClN6O5S. The molecule has 2 fully saturated rings. The van der Waals surface area contributed by atoms with E-state index in [0.29, 0.717) is 15.7 Å². The first-order valence-electron chi connectivity index (χ1n) is 12.7. The minimum absolute atomic E-state index is 0.194. The van der Waals surface area contributed by atoms with Crippen molar-refractivity contribution in [3.63, 3.8) is 0 Å². The molecule has 1 aromatic carbocycles. The first-order valence-corrected chi connectivity index (χ1v) is 13.9. The summed E-state index contributed by atoms with van der Waals surface area (Å²) in [6, 6.07) is 9.79. The number of carbonyl (C=O) groups is 1. The van der Waals surface area contributed by atoms with Gasteiger partial charge in [0.1, 0.15) is 5.65 Å². The number of H-pyrrole nitrogens is 1. The summed E-state index contributed by atoms with van der Waals surface area (Å²) >= 11 is 7.77. The standard InChI is InChI=1S/C27H25ClN6O5S/c28-21-16(30-23(35)20-24(36)31-18-6-1-2-10-34(18)26(20)38)4-3-5-17(21)40-19-14-29-22(25(37)32-19)33-11-7-27(8-12-33)9-13-39-15-27/h1-6,10,14,36H,7-9,11-13,15H2,(H,30,35)(H,32,37). The van der Waals surface area contributed by atoms with E-state index in [4.69, 9.17) is 16.3 Å². The smallest absolute Gasteiger partial charge is 0.291 e. The number of rotatable bonds is 5. The van der Waals surface area contributed by atoms with E-state index in [-0.39, 0.29) is 27.3 Å². The predicted octanol–water partition coefficient (Wildman–Crippen LogP) is 3.55. The molecule has 0 unspecified atom stereocenters. The SMILES string of the molecule is O=C(Nc1cccc(Sc2cnc(N3CCC4(CCOC4)CC3)c(=O)[nH]2)c1Cl)c1c(O)nc2ccccn2c1=O. The van der Waals surface area contributed by atoms with Crippen molar-refractivity contribution in [3.05, 3.63) is 80.1 Å². The van der Waals surface area contributed by atoms with Crippen LogP contribution in [0.2, 0.25) is 5.02 Å². The fourth-order valence-corrected chi connectivity index (χ4v) is 6.28. The van der Waals surface area contributed by atoms with Crippen LogP contribution in [0.5, 0.6) is 5.88 Å². The molecule has 206 valence electrons. The monoisotopic (exact) mass is 580 g/mol. The minimum Gasteiger partial charge on any atom is -0.493 e. The molecule has 11 nitrogen and oxygen atoms in total. The average Bonchev–Trinajstić information content (AvgIpc) is 3.39. The van der Waals surface area contributed by atoms with Gasteiger partial charge >= 0.3 is 0 Å². The molecule has 13 heteroatoms. The van der Waals surface area contributed by atoms with Gasteiger partial charge in [0.25, 0.3) is 17.0 Å². The fourth-order valence-electron chi connectivity index (χ4n) is 5.16. The van der Waals surface area contributed by atoms with E-state index in [2.05, 4.69) is 20.3 Å². The number of nitrogens with one attached hydrogen (secondary N) is 2. The lowest BCUT2D eigenvalue weighted by Gasteiger charge is -2.38. The van der Waals surface area contributed by atoms with Crippen LogP contribution < -0.4 is 21.3 Å². The summed E-state index contributed by atoms with van der Waals surface area (Å²) in [5.74, 6) is -1.15. The van der Waals surface area contributed by atoms with E-state index in [1.807, 2.05) is 4.90 Å². The van der Waals surface area contributed by atoms with Crippen molar-refractivity contribution in [3.8, 4) is 5.88 Å². The van der Waals surface area contributed by atoms with Gasteiger partial charge in [-0.05, 0) is 48.9 Å². The average molecular weight is 581 g/mol. The molecule has 0 radical (unpaired) electrons. The van der Waals surface area contributed by atoms with Gasteiger partial charge in [-0.1, -0.05) is 35.5 Å². The van der Waals surface area contributed by atoms with Gasteiger partial charge in [-0.25, -0.2) is 4.98 Å². The predicted molar refractivity (Wildman–Crippen MR) is 151 cm³/mol. The molecule has 0 atom stereocenters. The van der Waals surface area contributed by atoms with Crippen molar-refractivity contribution >= 4 is 46.4 Å². The Hall–Kier alpha value is -3.87. The first-order chi connectivity index (χ1) is 19.3. The van der Waals surface area contributed by atoms with E-state index in [9.17, 15) is 19.5 Å². The topological polar surface area (TPSA) is 142 Å². The number of halogens is 1. The zero-order chi connectivity index (χ0) is 27.9. The summed E-state index contributed by atoms with van der Waals surface area (Å²) in [6.45, 7) is 3.11. The third kappa shape index (κ3) is 4.93. The maximum atomic E-state index is 13.0.